The molecule has 0 aliphatic rings. The molecule has 4 rings (SSSR count). The number of amides is 1. The molecule has 0 atom stereocenters. The summed E-state index contributed by atoms with van der Waals surface area (Å²) in [5, 5.41) is 7.29. The topological polar surface area (TPSA) is 100 Å². The number of likely N-dealkylation sites (N-methyl/N-ethyl adjacent to an activating group) is 2. The fourth-order valence-corrected chi connectivity index (χ4v) is 4.32. The molecule has 0 unspecified atom stereocenters. The van der Waals surface area contributed by atoms with E-state index in [-0.39, 0.29) is 18.2 Å². The van der Waals surface area contributed by atoms with Crippen molar-refractivity contribution in [2.24, 2.45) is 7.05 Å². The largest absolute Gasteiger partial charge is 0.494 e. The number of aryl methyl sites for hydroxylation is 1. The molecule has 11 heteroatoms. The summed E-state index contributed by atoms with van der Waals surface area (Å²) in [6.45, 7) is 1.60. The predicted molar refractivity (Wildman–Crippen MR) is 154 cm³/mol. The molecule has 10 nitrogen and oxygen atoms in total. The number of ether oxygens (including phenoxy) is 1. The summed E-state index contributed by atoms with van der Waals surface area (Å²) in [6.07, 6.45) is 3.69. The molecular weight excluding hydrogens is 504 g/mol. The summed E-state index contributed by atoms with van der Waals surface area (Å²) in [6, 6.07) is 11.8. The van der Waals surface area contributed by atoms with Crippen LogP contribution in [0.1, 0.15) is 6.42 Å². The van der Waals surface area contributed by atoms with Crippen LogP contribution in [0.4, 0.5) is 23.0 Å². The highest BCUT2D eigenvalue weighted by Crippen LogP contribution is 2.38. The minimum atomic E-state index is -0.170. The molecule has 2 heterocycles. The van der Waals surface area contributed by atoms with Gasteiger partial charge in [0, 0.05) is 68.2 Å². The number of alkyl halides is 1. The number of benzene rings is 2. The third kappa shape index (κ3) is 6.15. The molecule has 1 amide bonds. The molecule has 38 heavy (non-hydrogen) atoms. The Morgan fingerprint density at radius 2 is 1.89 bits per heavy atom. The molecule has 0 aliphatic carbocycles. The summed E-state index contributed by atoms with van der Waals surface area (Å²) in [4.78, 5) is 30.1. The van der Waals surface area contributed by atoms with E-state index in [1.54, 1.807) is 7.11 Å². The lowest BCUT2D eigenvalue weighted by atomic mass is 10.1. The molecule has 0 aliphatic heterocycles. The van der Waals surface area contributed by atoms with Crippen LogP contribution >= 0.6 is 11.6 Å². The molecule has 2 aromatic heterocycles. The molecule has 0 bridgehead atoms. The maximum Gasteiger partial charge on any atom is 0.230 e. The van der Waals surface area contributed by atoms with E-state index < -0.39 is 0 Å². The number of carbonyl (C=O) groups excluding carboxylic acids is 1. The zero-order valence-electron chi connectivity index (χ0n) is 22.3. The molecule has 2 N–H and O–H groups in total. The van der Waals surface area contributed by atoms with Crippen molar-refractivity contribution in [1.82, 2.24) is 24.4 Å². The molecule has 0 spiro atoms. The number of fused-ring (bicyclic) bond motifs is 1. The first-order valence-corrected chi connectivity index (χ1v) is 12.8. The number of methoxy groups -OCH3 is 1. The minimum Gasteiger partial charge on any atom is -0.494 e. The van der Waals surface area contributed by atoms with Gasteiger partial charge in [0.1, 0.15) is 12.1 Å². The number of para-hydroxylation sites is 1. The molecule has 200 valence electrons. The van der Waals surface area contributed by atoms with E-state index in [1.807, 2.05) is 69.3 Å². The van der Waals surface area contributed by atoms with Crippen LogP contribution in [0.25, 0.3) is 22.3 Å². The number of hydrogen-bond acceptors (Lipinski definition) is 8. The number of anilines is 4. The van der Waals surface area contributed by atoms with Crippen molar-refractivity contribution in [2.45, 2.75) is 6.42 Å². The number of nitrogens with zero attached hydrogens (tertiary/aromatic N) is 6. The van der Waals surface area contributed by atoms with Crippen molar-refractivity contribution in [3.05, 3.63) is 48.9 Å². The van der Waals surface area contributed by atoms with Gasteiger partial charge in [0.25, 0.3) is 0 Å². The van der Waals surface area contributed by atoms with Gasteiger partial charge in [0.15, 0.2) is 5.82 Å². The van der Waals surface area contributed by atoms with Gasteiger partial charge in [-0.3, -0.25) is 4.79 Å². The lowest BCUT2D eigenvalue weighted by Crippen LogP contribution is -2.29. The Balaban J connectivity index is 1.70. The summed E-state index contributed by atoms with van der Waals surface area (Å²) in [5.74, 6) is 1.55. The normalized spacial score (nSPS) is 11.1. The van der Waals surface area contributed by atoms with E-state index >= 15 is 0 Å². The Hall–Kier alpha value is -3.89. The highest BCUT2D eigenvalue weighted by Gasteiger charge is 2.18. The highest BCUT2D eigenvalue weighted by atomic mass is 35.5. The summed E-state index contributed by atoms with van der Waals surface area (Å²) in [7, 11) is 9.61. The van der Waals surface area contributed by atoms with Crippen LogP contribution in [0.3, 0.4) is 0 Å². The molecule has 0 saturated carbocycles. The predicted octanol–water partition coefficient (Wildman–Crippen LogP) is 4.35. The van der Waals surface area contributed by atoms with Gasteiger partial charge >= 0.3 is 0 Å². The first-order valence-electron chi connectivity index (χ1n) is 12.2. The highest BCUT2D eigenvalue weighted by molar-refractivity contribution is 6.19. The number of nitrogens with one attached hydrogen (secondary N) is 2. The van der Waals surface area contributed by atoms with Crippen molar-refractivity contribution in [3.8, 4) is 17.1 Å². The van der Waals surface area contributed by atoms with Gasteiger partial charge in [-0.05, 0) is 26.2 Å². The number of aromatic nitrogens is 4. The Morgan fingerprint density at radius 3 is 2.63 bits per heavy atom. The Kier molecular flexibility index (Phi) is 8.65. The maximum atomic E-state index is 12.5. The molecule has 0 saturated heterocycles. The van der Waals surface area contributed by atoms with Crippen LogP contribution < -0.4 is 20.3 Å². The van der Waals surface area contributed by atoms with E-state index in [2.05, 4.69) is 41.5 Å². The van der Waals surface area contributed by atoms with Crippen molar-refractivity contribution < 1.29 is 9.53 Å². The van der Waals surface area contributed by atoms with Crippen molar-refractivity contribution in [1.29, 1.82) is 0 Å². The number of rotatable bonds is 11. The monoisotopic (exact) mass is 536 g/mol. The van der Waals surface area contributed by atoms with Gasteiger partial charge in [-0.25, -0.2) is 9.97 Å². The Morgan fingerprint density at radius 1 is 1.11 bits per heavy atom. The van der Waals surface area contributed by atoms with Gasteiger partial charge in [0.05, 0.1) is 24.2 Å². The van der Waals surface area contributed by atoms with E-state index in [1.165, 1.54) is 6.33 Å². The lowest BCUT2D eigenvalue weighted by molar-refractivity contribution is -0.115. The van der Waals surface area contributed by atoms with Crippen molar-refractivity contribution in [3.63, 3.8) is 0 Å². The third-order valence-electron chi connectivity index (χ3n) is 6.16. The quantitative estimate of drug-likeness (QED) is 0.273. The first-order chi connectivity index (χ1) is 18.3. The van der Waals surface area contributed by atoms with Gasteiger partial charge < -0.3 is 29.7 Å². The standard InChI is InChI=1S/C27H33ClN8O2/c1-34(2)12-13-35(3)23-15-24(38-5)21(14-20(23)31-25(37)10-11-28)32-27-30-17-29-26(33-27)19-16-36(4)22-9-7-6-8-18(19)22/h6-9,14-17H,10-13H2,1-5H3,(H,31,37)(H,29,30,32,33). The average Bonchev–Trinajstić information content (AvgIpc) is 3.24. The fraction of sp³-hybridized carbons (Fsp3) is 0.333. The van der Waals surface area contributed by atoms with E-state index in [4.69, 9.17) is 16.3 Å². The van der Waals surface area contributed by atoms with Gasteiger partial charge in [-0.15, -0.1) is 11.6 Å². The summed E-state index contributed by atoms with van der Waals surface area (Å²) in [5.41, 5.74) is 4.06. The van der Waals surface area contributed by atoms with Crippen LogP contribution in [0.15, 0.2) is 48.9 Å². The Bertz CT molecular complexity index is 1420. The second-order valence-corrected chi connectivity index (χ2v) is 9.59. The number of halogens is 1. The third-order valence-corrected chi connectivity index (χ3v) is 6.35. The molecular formula is C27H33ClN8O2. The smallest absolute Gasteiger partial charge is 0.230 e. The molecule has 0 fully saturated rings. The Labute approximate surface area is 227 Å². The van der Waals surface area contributed by atoms with E-state index in [0.717, 1.165) is 35.2 Å². The fourth-order valence-electron chi connectivity index (χ4n) is 4.15. The van der Waals surface area contributed by atoms with Crippen LogP contribution in [-0.2, 0) is 11.8 Å². The summed E-state index contributed by atoms with van der Waals surface area (Å²) >= 11 is 5.81. The molecule has 0 radical (unpaired) electrons. The second kappa shape index (κ2) is 12.1. The first kappa shape index (κ1) is 27.2. The lowest BCUT2D eigenvalue weighted by Gasteiger charge is -2.26. The number of hydrogen-bond donors (Lipinski definition) is 2. The SMILES string of the molecule is COc1cc(N(C)CCN(C)C)c(NC(=O)CCCl)cc1Nc1ncnc(-c2cn(C)c3ccccc23)n1. The van der Waals surface area contributed by atoms with Crippen LogP contribution in [0.5, 0.6) is 5.75 Å². The average molecular weight is 537 g/mol. The van der Waals surface area contributed by atoms with Gasteiger partial charge in [0.2, 0.25) is 11.9 Å². The van der Waals surface area contributed by atoms with Crippen molar-refractivity contribution in [2.75, 3.05) is 62.8 Å². The van der Waals surface area contributed by atoms with Crippen LogP contribution in [0.2, 0.25) is 0 Å². The van der Waals surface area contributed by atoms with Gasteiger partial charge in [-0.1, -0.05) is 18.2 Å². The van der Waals surface area contributed by atoms with Crippen LogP contribution in [-0.4, -0.2) is 77.5 Å². The number of carbonyl (C=O) groups is 1. The molecule has 2 aromatic carbocycles. The van der Waals surface area contributed by atoms with Gasteiger partial charge in [-0.2, -0.15) is 4.98 Å². The molecule has 4 aromatic rings. The second-order valence-electron chi connectivity index (χ2n) is 9.21. The van der Waals surface area contributed by atoms with E-state index in [9.17, 15) is 4.79 Å². The zero-order valence-corrected chi connectivity index (χ0v) is 23.1. The van der Waals surface area contributed by atoms with Crippen molar-refractivity contribution >= 4 is 51.4 Å². The van der Waals surface area contributed by atoms with Crippen LogP contribution in [0, 0.1) is 0 Å². The maximum absolute atomic E-state index is 12.5. The zero-order chi connectivity index (χ0) is 27.2. The van der Waals surface area contributed by atoms with E-state index in [0.29, 0.717) is 28.9 Å². The summed E-state index contributed by atoms with van der Waals surface area (Å²) < 4.78 is 7.76. The minimum absolute atomic E-state index is 0.170.